The third kappa shape index (κ3) is 4.66. The third-order valence-electron chi connectivity index (χ3n) is 7.94. The SMILES string of the molecule is Cc1nnnn1CC(=O)N[C@H](C)[C@H]1C(=O)N2C(C(=O)O)=C(S[C@@H]3CN[C@H](C(=O)N4CC[C@@H](N)C4)C3)[C@H](C)[C@H]12. The number of aryl methyl sites for hydroxylation is 1. The number of carboxylic acids is 1. The van der Waals surface area contributed by atoms with Gasteiger partial charge in [-0.1, -0.05) is 6.92 Å². The summed E-state index contributed by atoms with van der Waals surface area (Å²) in [5, 5.41) is 27.2. The summed E-state index contributed by atoms with van der Waals surface area (Å²) >= 11 is 1.44. The van der Waals surface area contributed by atoms with E-state index in [-0.39, 0.29) is 59.3 Å². The van der Waals surface area contributed by atoms with E-state index >= 15 is 0 Å². The molecule has 0 unspecified atom stereocenters. The highest BCUT2D eigenvalue weighted by atomic mass is 32.2. The molecule has 38 heavy (non-hydrogen) atoms. The summed E-state index contributed by atoms with van der Waals surface area (Å²) in [4.78, 5) is 54.7. The number of amides is 3. The number of fused-ring (bicyclic) bond motifs is 1. The van der Waals surface area contributed by atoms with Crippen LogP contribution in [0.3, 0.4) is 0 Å². The van der Waals surface area contributed by atoms with Gasteiger partial charge in [-0.25, -0.2) is 9.48 Å². The Bertz CT molecular complexity index is 1190. The first-order valence-corrected chi connectivity index (χ1v) is 13.7. The number of hydrogen-bond donors (Lipinski definition) is 4. The molecule has 0 aromatic carbocycles. The van der Waals surface area contributed by atoms with Gasteiger partial charge in [-0.05, 0) is 37.1 Å². The number of carbonyl (C=O) groups is 4. The lowest BCUT2D eigenvalue weighted by atomic mass is 9.78. The molecule has 4 aliphatic heterocycles. The van der Waals surface area contributed by atoms with Crippen LogP contribution in [0.25, 0.3) is 0 Å². The fraction of sp³-hybridized carbons (Fsp3) is 0.696. The Hall–Kier alpha value is -3.04. The predicted octanol–water partition coefficient (Wildman–Crippen LogP) is -1.72. The maximum Gasteiger partial charge on any atom is 0.353 e. The highest BCUT2D eigenvalue weighted by Gasteiger charge is 2.60. The van der Waals surface area contributed by atoms with Gasteiger partial charge < -0.3 is 31.3 Å². The second-order valence-electron chi connectivity index (χ2n) is 10.5. The van der Waals surface area contributed by atoms with Crippen LogP contribution < -0.4 is 16.4 Å². The van der Waals surface area contributed by atoms with Gasteiger partial charge in [0.25, 0.3) is 0 Å². The number of thioether (sulfide) groups is 1. The smallest absolute Gasteiger partial charge is 0.353 e. The molecule has 0 spiro atoms. The quantitative estimate of drug-likeness (QED) is 0.271. The number of carbonyl (C=O) groups excluding carboxylic acids is 3. The van der Waals surface area contributed by atoms with Gasteiger partial charge in [0.1, 0.15) is 18.1 Å². The summed E-state index contributed by atoms with van der Waals surface area (Å²) in [5.74, 6) is -2.04. The van der Waals surface area contributed by atoms with Crippen LogP contribution in [0.1, 0.15) is 32.5 Å². The number of β-lactam (4-membered cyclic amide) rings is 1. The monoisotopic (exact) mass is 547 g/mol. The van der Waals surface area contributed by atoms with E-state index in [1.54, 1.807) is 18.7 Å². The molecule has 0 bridgehead atoms. The molecule has 4 aliphatic rings. The van der Waals surface area contributed by atoms with Crippen molar-refractivity contribution in [1.29, 1.82) is 0 Å². The highest BCUT2D eigenvalue weighted by molar-refractivity contribution is 8.03. The van der Waals surface area contributed by atoms with E-state index < -0.39 is 17.9 Å². The highest BCUT2D eigenvalue weighted by Crippen LogP contribution is 2.51. The van der Waals surface area contributed by atoms with E-state index in [1.807, 2.05) is 6.92 Å². The van der Waals surface area contributed by atoms with Crippen molar-refractivity contribution in [2.75, 3.05) is 19.6 Å². The molecule has 206 valence electrons. The van der Waals surface area contributed by atoms with E-state index in [1.165, 1.54) is 21.3 Å². The Labute approximate surface area is 223 Å². The molecule has 3 amide bonds. The molecule has 5 N–H and O–H groups in total. The van der Waals surface area contributed by atoms with Gasteiger partial charge in [0.2, 0.25) is 17.7 Å². The van der Waals surface area contributed by atoms with Crippen LogP contribution in [0.5, 0.6) is 0 Å². The first-order chi connectivity index (χ1) is 18.1. The topological polar surface area (TPSA) is 189 Å². The van der Waals surface area contributed by atoms with Crippen molar-refractivity contribution < 1.29 is 24.3 Å². The first-order valence-electron chi connectivity index (χ1n) is 12.8. The lowest BCUT2D eigenvalue weighted by Crippen LogP contribution is -2.66. The maximum atomic E-state index is 13.2. The predicted molar refractivity (Wildman–Crippen MR) is 135 cm³/mol. The summed E-state index contributed by atoms with van der Waals surface area (Å²) in [5.41, 5.74) is 5.96. The fourth-order valence-corrected chi connectivity index (χ4v) is 7.46. The van der Waals surface area contributed by atoms with Crippen LogP contribution in [0.15, 0.2) is 10.6 Å². The van der Waals surface area contributed by atoms with Crippen LogP contribution in [0, 0.1) is 18.8 Å². The minimum Gasteiger partial charge on any atom is -0.477 e. The summed E-state index contributed by atoms with van der Waals surface area (Å²) in [6.45, 7) is 7.06. The number of nitrogens with zero attached hydrogens (tertiary/aromatic N) is 6. The molecule has 14 nitrogen and oxygen atoms in total. The van der Waals surface area contributed by atoms with Crippen molar-refractivity contribution in [1.82, 2.24) is 40.6 Å². The maximum absolute atomic E-state index is 13.2. The number of nitrogens with two attached hydrogens (primary N) is 1. The van der Waals surface area contributed by atoms with Crippen molar-refractivity contribution in [3.05, 3.63) is 16.4 Å². The van der Waals surface area contributed by atoms with Gasteiger partial charge in [0.05, 0.1) is 18.0 Å². The minimum absolute atomic E-state index is 0.00376. The molecule has 3 saturated heterocycles. The summed E-state index contributed by atoms with van der Waals surface area (Å²) in [7, 11) is 0. The number of carboxylic acid groups (broad SMARTS) is 1. The average molecular weight is 548 g/mol. The third-order valence-corrected chi connectivity index (χ3v) is 9.45. The minimum atomic E-state index is -1.15. The van der Waals surface area contributed by atoms with Crippen molar-refractivity contribution in [3.63, 3.8) is 0 Å². The number of hydrogen-bond acceptors (Lipinski definition) is 10. The van der Waals surface area contributed by atoms with Crippen LogP contribution in [-0.4, -0.2) is 108 Å². The number of likely N-dealkylation sites (tertiary alicyclic amines) is 1. The molecule has 5 rings (SSSR count). The van der Waals surface area contributed by atoms with Gasteiger partial charge in [-0.15, -0.1) is 16.9 Å². The molecule has 3 fully saturated rings. The standard InChI is InChI=1S/C23H33N9O5S/c1-10-18-17(11(2)26-16(33)9-31-12(3)27-28-29-31)22(35)32(18)19(23(36)37)20(10)38-14-6-15(25-7-14)21(34)30-5-4-13(24)8-30/h10-11,13-15,17-18,25H,4-9,24H2,1-3H3,(H,26,33)(H,36,37)/t10-,11-,13-,14+,15+,17-,18-/m1/s1. The lowest BCUT2D eigenvalue weighted by molar-refractivity contribution is -0.158. The lowest BCUT2D eigenvalue weighted by Gasteiger charge is -2.47. The fourth-order valence-electron chi connectivity index (χ4n) is 5.99. The zero-order valence-electron chi connectivity index (χ0n) is 21.5. The van der Waals surface area contributed by atoms with E-state index in [4.69, 9.17) is 5.73 Å². The largest absolute Gasteiger partial charge is 0.477 e. The molecule has 0 saturated carbocycles. The van der Waals surface area contributed by atoms with Crippen molar-refractivity contribution in [3.8, 4) is 0 Å². The van der Waals surface area contributed by atoms with Gasteiger partial charge >= 0.3 is 5.97 Å². The second kappa shape index (κ2) is 10.3. The van der Waals surface area contributed by atoms with E-state index in [9.17, 15) is 24.3 Å². The van der Waals surface area contributed by atoms with Crippen LogP contribution >= 0.6 is 11.8 Å². The Morgan fingerprint density at radius 1 is 1.34 bits per heavy atom. The van der Waals surface area contributed by atoms with Crippen LogP contribution in [0.2, 0.25) is 0 Å². The van der Waals surface area contributed by atoms with Gasteiger partial charge in [0.15, 0.2) is 0 Å². The average Bonchev–Trinajstić information content (AvgIpc) is 3.63. The molecule has 0 aliphatic carbocycles. The summed E-state index contributed by atoms with van der Waals surface area (Å²) in [6, 6.07) is -1.18. The van der Waals surface area contributed by atoms with Gasteiger partial charge in [-0.2, -0.15) is 0 Å². The number of aliphatic carboxylic acids is 1. The molecule has 7 atom stereocenters. The van der Waals surface area contributed by atoms with Crippen molar-refractivity contribution in [2.45, 2.75) is 69.6 Å². The molecule has 0 radical (unpaired) electrons. The normalized spacial score (nSPS) is 31.4. The van der Waals surface area contributed by atoms with Crippen molar-refractivity contribution >= 4 is 35.5 Å². The second-order valence-corrected chi connectivity index (χ2v) is 11.9. The van der Waals surface area contributed by atoms with Crippen LogP contribution in [0.4, 0.5) is 0 Å². The molecule has 1 aromatic heterocycles. The zero-order valence-corrected chi connectivity index (χ0v) is 22.3. The van der Waals surface area contributed by atoms with E-state index in [2.05, 4.69) is 26.2 Å². The number of tetrazole rings is 1. The number of aromatic nitrogens is 4. The van der Waals surface area contributed by atoms with Gasteiger partial charge in [-0.3, -0.25) is 14.4 Å². The molecule has 15 heteroatoms. The molecule has 1 aromatic rings. The first kappa shape index (κ1) is 26.6. The number of nitrogens with one attached hydrogen (secondary N) is 2. The van der Waals surface area contributed by atoms with Crippen molar-refractivity contribution in [2.24, 2.45) is 17.6 Å². The summed E-state index contributed by atoms with van der Waals surface area (Å²) in [6.07, 6.45) is 1.37. The molecular formula is C23H33N9O5S. The summed E-state index contributed by atoms with van der Waals surface area (Å²) < 4.78 is 1.36. The zero-order chi connectivity index (χ0) is 27.3. The van der Waals surface area contributed by atoms with E-state index in [0.29, 0.717) is 36.8 Å². The Morgan fingerprint density at radius 3 is 2.74 bits per heavy atom. The Balaban J connectivity index is 1.23. The Kier molecular flexibility index (Phi) is 7.17. The van der Waals surface area contributed by atoms with Crippen LogP contribution in [-0.2, 0) is 25.7 Å². The van der Waals surface area contributed by atoms with E-state index in [0.717, 1.165) is 6.42 Å². The molecular weight excluding hydrogens is 514 g/mol. The Morgan fingerprint density at radius 2 is 2.11 bits per heavy atom. The molecule has 5 heterocycles. The number of rotatable bonds is 8. The van der Waals surface area contributed by atoms with Gasteiger partial charge in [0, 0.05) is 47.8 Å².